The second-order valence-electron chi connectivity index (χ2n) is 5.23. The van der Waals surface area contributed by atoms with Gasteiger partial charge in [-0.25, -0.2) is 0 Å². The van der Waals surface area contributed by atoms with Gasteiger partial charge in [0.25, 0.3) is 0 Å². The summed E-state index contributed by atoms with van der Waals surface area (Å²) in [6.45, 7) is 1.78. The lowest BCUT2D eigenvalue weighted by atomic mass is 9.90. The number of amides is 1. The average Bonchev–Trinajstić information content (AvgIpc) is 2.92. The number of likely N-dealkylation sites (tertiary alicyclic amines) is 1. The fourth-order valence-corrected chi connectivity index (χ4v) is 2.94. The molecule has 1 amide bonds. The summed E-state index contributed by atoms with van der Waals surface area (Å²) < 4.78 is 4.91. The van der Waals surface area contributed by atoms with Crippen molar-refractivity contribution < 1.29 is 9.53 Å². The molecule has 1 aliphatic heterocycles. The summed E-state index contributed by atoms with van der Waals surface area (Å²) >= 11 is 0. The zero-order valence-corrected chi connectivity index (χ0v) is 11.6. The third kappa shape index (κ3) is 2.41. The Morgan fingerprint density at radius 2 is 2.30 bits per heavy atom. The number of fused-ring (bicyclic) bond motifs is 1. The predicted molar refractivity (Wildman–Crippen MR) is 76.5 cm³/mol. The first kappa shape index (κ1) is 13.1. The second-order valence-corrected chi connectivity index (χ2v) is 5.23. The van der Waals surface area contributed by atoms with Gasteiger partial charge >= 0.3 is 0 Å². The Morgan fingerprint density at radius 1 is 1.50 bits per heavy atom. The van der Waals surface area contributed by atoms with Crippen LogP contribution in [0.5, 0.6) is 0 Å². The van der Waals surface area contributed by atoms with Crippen LogP contribution in [0, 0.1) is 0 Å². The number of nitrogens with one attached hydrogen (secondary N) is 1. The molecule has 0 aliphatic carbocycles. The first-order chi connectivity index (χ1) is 9.79. The van der Waals surface area contributed by atoms with E-state index in [1.165, 1.54) is 5.56 Å². The molecule has 1 N–H and O–H groups in total. The minimum atomic E-state index is 0.0861. The molecule has 3 heterocycles. The fraction of sp³-hybridized carbons (Fsp3) is 0.467. The molecule has 0 spiro atoms. The number of carbonyl (C=O) groups is 1. The predicted octanol–water partition coefficient (Wildman–Crippen LogP) is 1.92. The summed E-state index contributed by atoms with van der Waals surface area (Å²) in [5, 5.41) is 0. The molecule has 2 aromatic rings. The highest BCUT2D eigenvalue weighted by atomic mass is 16.5. The highest BCUT2D eigenvalue weighted by molar-refractivity contribution is 5.79. The number of aromatic nitrogens is 2. The third-order valence-electron chi connectivity index (χ3n) is 4.02. The fourth-order valence-electron chi connectivity index (χ4n) is 2.94. The molecule has 0 aromatic carbocycles. The molecule has 0 saturated carbocycles. The van der Waals surface area contributed by atoms with Gasteiger partial charge in [0, 0.05) is 32.6 Å². The lowest BCUT2D eigenvalue weighted by molar-refractivity contribution is -0.136. The standard InChI is InChI=1S/C15H19N3O2/c1-20-10-14(19)18-7-4-11(5-8-18)12-9-17-13-3-2-6-16-15(12)13/h2-3,6,9,11,17H,4-5,7-8,10H2,1H3. The summed E-state index contributed by atoms with van der Waals surface area (Å²) in [5.41, 5.74) is 3.42. The van der Waals surface area contributed by atoms with Gasteiger partial charge in [-0.15, -0.1) is 0 Å². The summed E-state index contributed by atoms with van der Waals surface area (Å²) in [6, 6.07) is 3.98. The SMILES string of the molecule is COCC(=O)N1CCC(c2c[nH]c3cccnc23)CC1. The molecule has 1 aliphatic rings. The van der Waals surface area contributed by atoms with Crippen molar-refractivity contribution in [2.75, 3.05) is 26.8 Å². The zero-order chi connectivity index (χ0) is 13.9. The van der Waals surface area contributed by atoms with Gasteiger partial charge in [0.05, 0.1) is 11.0 Å². The van der Waals surface area contributed by atoms with Crippen molar-refractivity contribution in [3.05, 3.63) is 30.1 Å². The van der Waals surface area contributed by atoms with Gasteiger partial charge in [-0.05, 0) is 36.5 Å². The lowest BCUT2D eigenvalue weighted by Crippen LogP contribution is -2.39. The minimum absolute atomic E-state index is 0.0861. The molecule has 3 rings (SSSR count). The number of methoxy groups -OCH3 is 1. The van der Waals surface area contributed by atoms with Crippen LogP contribution >= 0.6 is 0 Å². The Bertz CT molecular complexity index is 600. The van der Waals surface area contributed by atoms with Crippen molar-refractivity contribution >= 4 is 16.9 Å². The number of pyridine rings is 1. The van der Waals surface area contributed by atoms with Gasteiger partial charge in [0.2, 0.25) is 5.91 Å². The third-order valence-corrected chi connectivity index (χ3v) is 4.02. The summed E-state index contributed by atoms with van der Waals surface area (Å²) in [5.74, 6) is 0.563. The van der Waals surface area contributed by atoms with Crippen molar-refractivity contribution in [2.45, 2.75) is 18.8 Å². The van der Waals surface area contributed by atoms with E-state index < -0.39 is 0 Å². The monoisotopic (exact) mass is 273 g/mol. The Hall–Kier alpha value is -1.88. The van der Waals surface area contributed by atoms with E-state index in [0.29, 0.717) is 5.92 Å². The van der Waals surface area contributed by atoms with Crippen molar-refractivity contribution in [1.82, 2.24) is 14.9 Å². The molecule has 0 unspecified atom stereocenters. The van der Waals surface area contributed by atoms with E-state index in [-0.39, 0.29) is 12.5 Å². The quantitative estimate of drug-likeness (QED) is 0.929. The largest absolute Gasteiger partial charge is 0.375 e. The van der Waals surface area contributed by atoms with Gasteiger partial charge in [0.1, 0.15) is 6.61 Å². The molecule has 0 radical (unpaired) electrons. The molecule has 5 heteroatoms. The maximum atomic E-state index is 11.8. The van der Waals surface area contributed by atoms with E-state index in [1.807, 2.05) is 23.2 Å². The summed E-state index contributed by atoms with van der Waals surface area (Å²) in [7, 11) is 1.56. The maximum Gasteiger partial charge on any atom is 0.248 e. The smallest absolute Gasteiger partial charge is 0.248 e. The van der Waals surface area contributed by atoms with Crippen LogP contribution in [-0.2, 0) is 9.53 Å². The normalized spacial score (nSPS) is 16.8. The van der Waals surface area contributed by atoms with Crippen molar-refractivity contribution in [1.29, 1.82) is 0 Å². The molecule has 2 aromatic heterocycles. The summed E-state index contributed by atoms with van der Waals surface area (Å²) in [4.78, 5) is 21.4. The van der Waals surface area contributed by atoms with Crippen LogP contribution in [0.2, 0.25) is 0 Å². The molecular formula is C15H19N3O2. The minimum Gasteiger partial charge on any atom is -0.375 e. The van der Waals surface area contributed by atoms with Crippen LogP contribution in [0.15, 0.2) is 24.5 Å². The Labute approximate surface area is 117 Å². The molecule has 106 valence electrons. The van der Waals surface area contributed by atoms with E-state index in [0.717, 1.165) is 37.0 Å². The number of nitrogens with zero attached hydrogens (tertiary/aromatic N) is 2. The molecule has 0 bridgehead atoms. The number of piperidine rings is 1. The Kier molecular flexibility index (Phi) is 3.69. The van der Waals surface area contributed by atoms with E-state index in [9.17, 15) is 4.79 Å². The van der Waals surface area contributed by atoms with Crippen LogP contribution in [0.25, 0.3) is 11.0 Å². The van der Waals surface area contributed by atoms with Crippen LogP contribution < -0.4 is 0 Å². The number of rotatable bonds is 3. The van der Waals surface area contributed by atoms with E-state index in [1.54, 1.807) is 7.11 Å². The van der Waals surface area contributed by atoms with Crippen LogP contribution in [0.1, 0.15) is 24.3 Å². The summed E-state index contributed by atoms with van der Waals surface area (Å²) in [6.07, 6.45) is 5.86. The van der Waals surface area contributed by atoms with Crippen molar-refractivity contribution in [3.8, 4) is 0 Å². The van der Waals surface area contributed by atoms with Gasteiger partial charge in [0.15, 0.2) is 0 Å². The number of aromatic amines is 1. The van der Waals surface area contributed by atoms with Crippen LogP contribution in [0.3, 0.4) is 0 Å². The molecular weight excluding hydrogens is 254 g/mol. The van der Waals surface area contributed by atoms with E-state index >= 15 is 0 Å². The molecule has 1 fully saturated rings. The van der Waals surface area contributed by atoms with Crippen LogP contribution in [0.4, 0.5) is 0 Å². The van der Waals surface area contributed by atoms with E-state index in [2.05, 4.69) is 16.2 Å². The van der Waals surface area contributed by atoms with Gasteiger partial charge in [-0.3, -0.25) is 9.78 Å². The average molecular weight is 273 g/mol. The highest BCUT2D eigenvalue weighted by Gasteiger charge is 2.25. The number of carbonyl (C=O) groups excluding carboxylic acids is 1. The maximum absolute atomic E-state index is 11.8. The first-order valence-corrected chi connectivity index (χ1v) is 6.98. The van der Waals surface area contributed by atoms with Crippen molar-refractivity contribution in [2.24, 2.45) is 0 Å². The topological polar surface area (TPSA) is 58.2 Å². The molecule has 1 saturated heterocycles. The van der Waals surface area contributed by atoms with Crippen molar-refractivity contribution in [3.63, 3.8) is 0 Å². The zero-order valence-electron chi connectivity index (χ0n) is 11.6. The van der Waals surface area contributed by atoms with Gasteiger partial charge < -0.3 is 14.6 Å². The first-order valence-electron chi connectivity index (χ1n) is 6.98. The number of ether oxygens (including phenoxy) is 1. The second kappa shape index (κ2) is 5.63. The molecule has 0 atom stereocenters. The van der Waals surface area contributed by atoms with E-state index in [4.69, 9.17) is 4.74 Å². The number of H-pyrrole nitrogens is 1. The molecule has 5 nitrogen and oxygen atoms in total. The lowest BCUT2D eigenvalue weighted by Gasteiger charge is -2.31. The number of hydrogen-bond donors (Lipinski definition) is 1. The Balaban J connectivity index is 1.70. The Morgan fingerprint density at radius 3 is 3.05 bits per heavy atom. The highest BCUT2D eigenvalue weighted by Crippen LogP contribution is 2.32. The van der Waals surface area contributed by atoms with Crippen LogP contribution in [-0.4, -0.2) is 47.6 Å². The number of hydrogen-bond acceptors (Lipinski definition) is 3. The molecule has 20 heavy (non-hydrogen) atoms. The van der Waals surface area contributed by atoms with Gasteiger partial charge in [-0.2, -0.15) is 0 Å². The van der Waals surface area contributed by atoms with Gasteiger partial charge in [-0.1, -0.05) is 0 Å².